The molecule has 6 nitrogen and oxygen atoms in total. The first-order chi connectivity index (χ1) is 13.1. The van der Waals surface area contributed by atoms with E-state index in [-0.39, 0.29) is 24.0 Å². The Hall–Kier alpha value is -3.13. The number of carbonyl (C=O) groups excluding carboxylic acids is 1. The Balaban J connectivity index is 1.63. The van der Waals surface area contributed by atoms with E-state index in [1.165, 1.54) is 49.8 Å². The van der Waals surface area contributed by atoms with E-state index in [9.17, 15) is 9.18 Å². The maximum atomic E-state index is 12.9. The number of carbonyl (C=O) groups is 1. The van der Waals surface area contributed by atoms with Crippen LogP contribution in [0.15, 0.2) is 47.8 Å². The number of nitrogens with one attached hydrogen (secondary N) is 1. The van der Waals surface area contributed by atoms with Crippen LogP contribution in [-0.4, -0.2) is 25.1 Å². The van der Waals surface area contributed by atoms with Gasteiger partial charge in [-0.05, 0) is 24.3 Å². The topological polar surface area (TPSA) is 69.7 Å². The number of nitrogens with zero attached hydrogens (tertiary/aromatic N) is 1. The van der Waals surface area contributed by atoms with Crippen LogP contribution in [0.1, 0.15) is 15.5 Å². The van der Waals surface area contributed by atoms with Crippen molar-refractivity contribution in [1.29, 1.82) is 0 Å². The Bertz CT molecular complexity index is 905. The summed E-state index contributed by atoms with van der Waals surface area (Å²) in [6, 6.07) is 10.8. The molecule has 2 aromatic carbocycles. The van der Waals surface area contributed by atoms with Crippen molar-refractivity contribution in [3.63, 3.8) is 0 Å². The van der Waals surface area contributed by atoms with Gasteiger partial charge in [-0.15, -0.1) is 11.3 Å². The predicted octanol–water partition coefficient (Wildman–Crippen LogP) is 4.13. The van der Waals surface area contributed by atoms with Gasteiger partial charge in [0.1, 0.15) is 40.4 Å². The smallest absolute Gasteiger partial charge is 0.275 e. The minimum absolute atomic E-state index is 0.191. The lowest BCUT2D eigenvalue weighted by atomic mass is 10.2. The second-order valence-corrected chi connectivity index (χ2v) is 6.37. The van der Waals surface area contributed by atoms with Crippen LogP contribution in [0.2, 0.25) is 0 Å². The molecule has 140 valence electrons. The molecule has 1 heterocycles. The second kappa shape index (κ2) is 8.50. The summed E-state index contributed by atoms with van der Waals surface area (Å²) in [6.07, 6.45) is 0. The Labute approximate surface area is 159 Å². The third-order valence-corrected chi connectivity index (χ3v) is 4.39. The number of thiazole rings is 1. The fraction of sp³-hybridized carbons (Fsp3) is 0.158. The van der Waals surface area contributed by atoms with Gasteiger partial charge in [-0.3, -0.25) is 4.79 Å². The zero-order valence-corrected chi connectivity index (χ0v) is 15.5. The molecule has 0 saturated heterocycles. The maximum absolute atomic E-state index is 12.9. The van der Waals surface area contributed by atoms with Crippen LogP contribution in [0.3, 0.4) is 0 Å². The number of anilines is 1. The molecule has 0 saturated carbocycles. The van der Waals surface area contributed by atoms with Crippen molar-refractivity contribution in [1.82, 2.24) is 4.98 Å². The first-order valence-corrected chi connectivity index (χ1v) is 8.82. The standard InChI is InChI=1S/C19H17FN2O4S/c1-24-15-7-13(8-16(9-15)25-2)21-19(23)17-11-27-18(22-17)10-26-14-5-3-12(20)4-6-14/h3-9,11H,10H2,1-2H3,(H,21,23). The van der Waals surface area contributed by atoms with Gasteiger partial charge in [-0.2, -0.15) is 0 Å². The molecule has 1 amide bonds. The van der Waals surface area contributed by atoms with E-state index in [1.807, 2.05) is 0 Å². The molecule has 27 heavy (non-hydrogen) atoms. The van der Waals surface area contributed by atoms with E-state index in [2.05, 4.69) is 10.3 Å². The number of halogens is 1. The molecule has 8 heteroatoms. The molecule has 3 rings (SSSR count). The summed E-state index contributed by atoms with van der Waals surface area (Å²) in [5.74, 6) is 0.980. The quantitative estimate of drug-likeness (QED) is 0.659. The number of rotatable bonds is 7. The van der Waals surface area contributed by atoms with Gasteiger partial charge >= 0.3 is 0 Å². The number of methoxy groups -OCH3 is 2. The molecule has 0 spiro atoms. The number of ether oxygens (including phenoxy) is 3. The minimum Gasteiger partial charge on any atom is -0.497 e. The van der Waals surface area contributed by atoms with Crippen LogP contribution in [0.4, 0.5) is 10.1 Å². The van der Waals surface area contributed by atoms with Gasteiger partial charge in [-0.1, -0.05) is 0 Å². The molecular weight excluding hydrogens is 371 g/mol. The summed E-state index contributed by atoms with van der Waals surface area (Å²) in [5, 5.41) is 5.04. The van der Waals surface area contributed by atoms with Gasteiger partial charge in [0.15, 0.2) is 0 Å². The highest BCUT2D eigenvalue weighted by atomic mass is 32.1. The maximum Gasteiger partial charge on any atom is 0.275 e. The Kier molecular flexibility index (Phi) is 5.87. The summed E-state index contributed by atoms with van der Waals surface area (Å²) in [7, 11) is 3.07. The molecule has 0 atom stereocenters. The van der Waals surface area contributed by atoms with E-state index in [4.69, 9.17) is 14.2 Å². The largest absolute Gasteiger partial charge is 0.497 e. The van der Waals surface area contributed by atoms with E-state index in [0.29, 0.717) is 27.9 Å². The van der Waals surface area contributed by atoms with Crippen molar-refractivity contribution < 1.29 is 23.4 Å². The van der Waals surface area contributed by atoms with Crippen molar-refractivity contribution in [3.8, 4) is 17.2 Å². The predicted molar refractivity (Wildman–Crippen MR) is 100 cm³/mol. The monoisotopic (exact) mass is 388 g/mol. The van der Waals surface area contributed by atoms with Crippen LogP contribution < -0.4 is 19.5 Å². The first-order valence-electron chi connectivity index (χ1n) is 7.94. The molecule has 0 aliphatic rings. The molecule has 0 aliphatic carbocycles. The Morgan fingerprint density at radius 3 is 2.37 bits per heavy atom. The van der Waals surface area contributed by atoms with E-state index in [0.717, 1.165) is 0 Å². The first kappa shape index (κ1) is 18.7. The van der Waals surface area contributed by atoms with Crippen LogP contribution in [-0.2, 0) is 6.61 Å². The number of amides is 1. The van der Waals surface area contributed by atoms with Gasteiger partial charge in [0.05, 0.1) is 14.2 Å². The molecule has 1 N–H and O–H groups in total. The Morgan fingerprint density at radius 1 is 1.07 bits per heavy atom. The lowest BCUT2D eigenvalue weighted by Gasteiger charge is -2.09. The van der Waals surface area contributed by atoms with Gasteiger partial charge < -0.3 is 19.5 Å². The molecular formula is C19H17FN2O4S. The lowest BCUT2D eigenvalue weighted by Crippen LogP contribution is -2.12. The lowest BCUT2D eigenvalue weighted by molar-refractivity contribution is 0.102. The highest BCUT2D eigenvalue weighted by Crippen LogP contribution is 2.26. The van der Waals surface area contributed by atoms with E-state index >= 15 is 0 Å². The third-order valence-electron chi connectivity index (χ3n) is 3.57. The van der Waals surface area contributed by atoms with E-state index < -0.39 is 0 Å². The molecule has 0 fully saturated rings. The third kappa shape index (κ3) is 4.95. The van der Waals surface area contributed by atoms with Crippen LogP contribution in [0.25, 0.3) is 0 Å². The van der Waals surface area contributed by atoms with Gasteiger partial charge in [0, 0.05) is 29.3 Å². The minimum atomic E-state index is -0.352. The zero-order chi connectivity index (χ0) is 19.2. The van der Waals surface area contributed by atoms with Gasteiger partial charge in [0.25, 0.3) is 5.91 Å². The highest BCUT2D eigenvalue weighted by molar-refractivity contribution is 7.09. The molecule has 0 unspecified atom stereocenters. The number of hydrogen-bond acceptors (Lipinski definition) is 6. The van der Waals surface area contributed by atoms with Gasteiger partial charge in [-0.25, -0.2) is 9.37 Å². The highest BCUT2D eigenvalue weighted by Gasteiger charge is 2.13. The number of aromatic nitrogens is 1. The molecule has 0 bridgehead atoms. The fourth-order valence-corrected chi connectivity index (χ4v) is 2.92. The van der Waals surface area contributed by atoms with Crippen molar-refractivity contribution in [2.75, 3.05) is 19.5 Å². The Morgan fingerprint density at radius 2 is 1.74 bits per heavy atom. The van der Waals surface area contributed by atoms with Crippen LogP contribution in [0.5, 0.6) is 17.2 Å². The number of hydrogen-bond donors (Lipinski definition) is 1. The summed E-state index contributed by atoms with van der Waals surface area (Å²) in [6.45, 7) is 0.191. The van der Waals surface area contributed by atoms with Crippen LogP contribution in [0, 0.1) is 5.82 Å². The average molecular weight is 388 g/mol. The number of benzene rings is 2. The summed E-state index contributed by atoms with van der Waals surface area (Å²) >= 11 is 1.31. The summed E-state index contributed by atoms with van der Waals surface area (Å²) < 4.78 is 28.8. The van der Waals surface area contributed by atoms with Crippen molar-refractivity contribution in [2.45, 2.75) is 6.61 Å². The molecule has 3 aromatic rings. The molecule has 0 radical (unpaired) electrons. The second-order valence-electron chi connectivity index (χ2n) is 5.42. The molecule has 0 aliphatic heterocycles. The summed E-state index contributed by atoms with van der Waals surface area (Å²) in [5.41, 5.74) is 0.813. The van der Waals surface area contributed by atoms with Crippen molar-refractivity contribution in [2.24, 2.45) is 0 Å². The van der Waals surface area contributed by atoms with Crippen LogP contribution >= 0.6 is 11.3 Å². The van der Waals surface area contributed by atoms with Crippen molar-refractivity contribution >= 4 is 22.9 Å². The average Bonchev–Trinajstić information content (AvgIpc) is 3.16. The van der Waals surface area contributed by atoms with E-state index in [1.54, 1.807) is 23.6 Å². The van der Waals surface area contributed by atoms with Crippen molar-refractivity contribution in [3.05, 3.63) is 64.4 Å². The SMILES string of the molecule is COc1cc(NC(=O)c2csc(COc3ccc(F)cc3)n2)cc(OC)c1. The van der Waals surface area contributed by atoms with Gasteiger partial charge in [0.2, 0.25) is 0 Å². The molecule has 1 aromatic heterocycles. The normalized spacial score (nSPS) is 10.3. The fourth-order valence-electron chi connectivity index (χ4n) is 2.23. The summed E-state index contributed by atoms with van der Waals surface area (Å²) in [4.78, 5) is 16.7. The zero-order valence-electron chi connectivity index (χ0n) is 14.7.